The lowest BCUT2D eigenvalue weighted by Gasteiger charge is -2.04. The first kappa shape index (κ1) is 13.1. The van der Waals surface area contributed by atoms with Crippen molar-refractivity contribution in [3.8, 4) is 0 Å². The summed E-state index contributed by atoms with van der Waals surface area (Å²) >= 11 is 1.28. The summed E-state index contributed by atoms with van der Waals surface area (Å²) in [6.07, 6.45) is 2.03. The summed E-state index contributed by atoms with van der Waals surface area (Å²) in [6.45, 7) is -0.0298. The average Bonchev–Trinajstić information content (AvgIpc) is 3.12. The highest BCUT2D eigenvalue weighted by Gasteiger charge is 2.23. The van der Waals surface area contributed by atoms with Crippen molar-refractivity contribution in [1.29, 1.82) is 0 Å². The first-order valence-electron chi connectivity index (χ1n) is 6.38. The second-order valence-corrected chi connectivity index (χ2v) is 5.90. The number of carbonyl (C=O) groups excluding carboxylic acids is 2. The predicted octanol–water partition coefficient (Wildman–Crippen LogP) is 2.05. The smallest absolute Gasteiger partial charge is 0.261 e. The van der Waals surface area contributed by atoms with E-state index in [1.165, 1.54) is 23.5 Å². The van der Waals surface area contributed by atoms with E-state index in [1.54, 1.807) is 12.1 Å². The van der Waals surface area contributed by atoms with Crippen molar-refractivity contribution in [2.24, 2.45) is 0 Å². The molecule has 1 aliphatic carbocycles. The Morgan fingerprint density at radius 3 is 2.85 bits per heavy atom. The maximum absolute atomic E-state index is 13.1. The number of carbonyl (C=O) groups is 2. The third-order valence-corrected chi connectivity index (χ3v) is 4.17. The summed E-state index contributed by atoms with van der Waals surface area (Å²) in [7, 11) is 0. The molecule has 0 spiro atoms. The summed E-state index contributed by atoms with van der Waals surface area (Å²) in [5, 5.41) is 6.06. The van der Waals surface area contributed by atoms with Gasteiger partial charge in [0.1, 0.15) is 5.82 Å². The van der Waals surface area contributed by atoms with Gasteiger partial charge in [0.15, 0.2) is 0 Å². The largest absolute Gasteiger partial charge is 0.352 e. The van der Waals surface area contributed by atoms with Crippen LogP contribution in [0.25, 0.3) is 10.1 Å². The lowest BCUT2D eigenvalue weighted by molar-refractivity contribution is -0.120. The molecule has 1 aromatic heterocycles. The maximum Gasteiger partial charge on any atom is 0.261 e. The van der Waals surface area contributed by atoms with Crippen LogP contribution >= 0.6 is 11.3 Å². The highest BCUT2D eigenvalue weighted by Crippen LogP contribution is 2.26. The van der Waals surface area contributed by atoms with E-state index in [2.05, 4.69) is 10.6 Å². The van der Waals surface area contributed by atoms with Gasteiger partial charge < -0.3 is 10.6 Å². The molecule has 0 radical (unpaired) electrons. The van der Waals surface area contributed by atoms with Gasteiger partial charge >= 0.3 is 0 Å². The van der Waals surface area contributed by atoms with Crippen molar-refractivity contribution in [2.45, 2.75) is 18.9 Å². The van der Waals surface area contributed by atoms with Gasteiger partial charge in [-0.05, 0) is 42.5 Å². The lowest BCUT2D eigenvalue weighted by Crippen LogP contribution is -2.37. The highest BCUT2D eigenvalue weighted by atomic mass is 32.1. The predicted molar refractivity (Wildman–Crippen MR) is 75.3 cm³/mol. The van der Waals surface area contributed by atoms with Crippen LogP contribution < -0.4 is 10.6 Å². The standard InChI is InChI=1S/C14H13FN2O2S/c15-9-1-4-11-8(5-9)6-12(20-11)14(19)16-7-13(18)17-10-2-3-10/h1,4-6,10H,2-3,7H2,(H,16,19)(H,17,18). The summed E-state index contributed by atoms with van der Waals surface area (Å²) in [4.78, 5) is 23.9. The third-order valence-electron chi connectivity index (χ3n) is 3.05. The zero-order valence-corrected chi connectivity index (χ0v) is 11.4. The number of rotatable bonds is 4. The summed E-state index contributed by atoms with van der Waals surface area (Å²) in [6, 6.07) is 6.32. The molecule has 2 N–H and O–H groups in total. The van der Waals surface area contributed by atoms with E-state index in [0.717, 1.165) is 17.5 Å². The van der Waals surface area contributed by atoms with Crippen LogP contribution in [-0.2, 0) is 4.79 Å². The van der Waals surface area contributed by atoms with Crippen LogP contribution in [0.3, 0.4) is 0 Å². The van der Waals surface area contributed by atoms with Crippen LogP contribution in [0.1, 0.15) is 22.5 Å². The Labute approximate surface area is 119 Å². The molecule has 1 aromatic carbocycles. The third kappa shape index (κ3) is 2.96. The molecule has 3 rings (SSSR count). The van der Waals surface area contributed by atoms with Gasteiger partial charge in [-0.25, -0.2) is 4.39 Å². The second-order valence-electron chi connectivity index (χ2n) is 4.82. The van der Waals surface area contributed by atoms with Gasteiger partial charge in [-0.1, -0.05) is 0 Å². The molecule has 1 aliphatic rings. The van der Waals surface area contributed by atoms with Gasteiger partial charge in [0.05, 0.1) is 11.4 Å². The number of amides is 2. The van der Waals surface area contributed by atoms with Crippen LogP contribution in [0.2, 0.25) is 0 Å². The van der Waals surface area contributed by atoms with E-state index in [9.17, 15) is 14.0 Å². The molecule has 104 valence electrons. The van der Waals surface area contributed by atoms with Crippen LogP contribution in [0, 0.1) is 5.82 Å². The van der Waals surface area contributed by atoms with Crippen molar-refractivity contribution in [3.05, 3.63) is 35.0 Å². The van der Waals surface area contributed by atoms with Crippen molar-refractivity contribution >= 4 is 33.2 Å². The first-order chi connectivity index (χ1) is 9.61. The first-order valence-corrected chi connectivity index (χ1v) is 7.20. The molecule has 0 unspecified atom stereocenters. The quantitative estimate of drug-likeness (QED) is 0.906. The fourth-order valence-electron chi connectivity index (χ4n) is 1.88. The molecule has 2 aromatic rings. The number of halogens is 1. The van der Waals surface area contributed by atoms with E-state index in [1.807, 2.05) is 0 Å². The molecule has 0 aliphatic heterocycles. The Hall–Kier alpha value is -1.95. The number of hydrogen-bond acceptors (Lipinski definition) is 3. The molecule has 0 atom stereocenters. The second kappa shape index (κ2) is 5.20. The summed E-state index contributed by atoms with van der Waals surface area (Å²) < 4.78 is 13.9. The highest BCUT2D eigenvalue weighted by molar-refractivity contribution is 7.20. The fraction of sp³-hybridized carbons (Fsp3) is 0.286. The summed E-state index contributed by atoms with van der Waals surface area (Å²) in [5.41, 5.74) is 0. The maximum atomic E-state index is 13.1. The van der Waals surface area contributed by atoms with Crippen LogP contribution in [-0.4, -0.2) is 24.4 Å². The molecule has 1 saturated carbocycles. The minimum atomic E-state index is -0.328. The number of benzene rings is 1. The van der Waals surface area contributed by atoms with Crippen LogP contribution in [0.5, 0.6) is 0 Å². The Morgan fingerprint density at radius 1 is 1.30 bits per heavy atom. The van der Waals surface area contributed by atoms with Crippen molar-refractivity contribution in [1.82, 2.24) is 10.6 Å². The average molecular weight is 292 g/mol. The van der Waals surface area contributed by atoms with Crippen molar-refractivity contribution < 1.29 is 14.0 Å². The van der Waals surface area contributed by atoms with E-state index < -0.39 is 0 Å². The zero-order valence-electron chi connectivity index (χ0n) is 10.6. The number of fused-ring (bicyclic) bond motifs is 1. The molecule has 4 nitrogen and oxygen atoms in total. The lowest BCUT2D eigenvalue weighted by atomic mass is 10.2. The molecule has 20 heavy (non-hydrogen) atoms. The Morgan fingerprint density at radius 2 is 2.10 bits per heavy atom. The molecule has 1 heterocycles. The minimum Gasteiger partial charge on any atom is -0.352 e. The number of nitrogens with one attached hydrogen (secondary N) is 2. The molecule has 0 bridgehead atoms. The number of hydrogen-bond donors (Lipinski definition) is 2. The van der Waals surface area contributed by atoms with Crippen molar-refractivity contribution in [2.75, 3.05) is 6.54 Å². The normalized spacial score (nSPS) is 14.2. The number of thiophene rings is 1. The van der Waals surface area contributed by atoms with Crippen LogP contribution in [0.4, 0.5) is 4.39 Å². The van der Waals surface area contributed by atoms with Gasteiger partial charge in [-0.2, -0.15) is 0 Å². The zero-order chi connectivity index (χ0) is 14.1. The summed E-state index contributed by atoms with van der Waals surface area (Å²) in [5.74, 6) is -0.809. The Bertz CT molecular complexity index is 679. The Balaban J connectivity index is 1.64. The van der Waals surface area contributed by atoms with Gasteiger partial charge in [0.25, 0.3) is 5.91 Å². The van der Waals surface area contributed by atoms with Gasteiger partial charge in [0.2, 0.25) is 5.91 Å². The molecule has 2 amide bonds. The van der Waals surface area contributed by atoms with Crippen LogP contribution in [0.15, 0.2) is 24.3 Å². The topological polar surface area (TPSA) is 58.2 Å². The van der Waals surface area contributed by atoms with Gasteiger partial charge in [-0.15, -0.1) is 11.3 Å². The van der Waals surface area contributed by atoms with E-state index in [0.29, 0.717) is 10.3 Å². The molecule has 1 fully saturated rings. The van der Waals surface area contributed by atoms with Crippen molar-refractivity contribution in [3.63, 3.8) is 0 Å². The molecule has 0 saturated heterocycles. The van der Waals surface area contributed by atoms with E-state index >= 15 is 0 Å². The molecular weight excluding hydrogens is 279 g/mol. The van der Waals surface area contributed by atoms with E-state index in [4.69, 9.17) is 0 Å². The minimum absolute atomic E-state index is 0.0298. The molecule has 6 heteroatoms. The SMILES string of the molecule is O=C(CNC(=O)c1cc2cc(F)ccc2s1)NC1CC1. The Kier molecular flexibility index (Phi) is 3.40. The van der Waals surface area contributed by atoms with E-state index in [-0.39, 0.29) is 30.2 Å². The van der Waals surface area contributed by atoms with Gasteiger partial charge in [0, 0.05) is 10.7 Å². The fourth-order valence-corrected chi connectivity index (χ4v) is 2.84. The van der Waals surface area contributed by atoms with Gasteiger partial charge in [-0.3, -0.25) is 9.59 Å². The monoisotopic (exact) mass is 292 g/mol. The molecular formula is C14H13FN2O2S.